The molecule has 1 aliphatic rings. The molecule has 1 N–H and O–H groups in total. The van der Waals surface area contributed by atoms with Gasteiger partial charge in [-0.15, -0.1) is 11.3 Å². The summed E-state index contributed by atoms with van der Waals surface area (Å²) < 4.78 is 27.4. The molecule has 0 saturated heterocycles. The molecule has 24 heavy (non-hydrogen) atoms. The SMILES string of the molecule is N#Cc1ccsc1NC(=O)CCN1CCCc2cc(F)cc(F)c21. The fraction of sp³-hybridized carbons (Fsp3) is 0.294. The first-order chi connectivity index (χ1) is 11.6. The molecule has 2 heterocycles. The molecular weight excluding hydrogens is 332 g/mol. The number of rotatable bonds is 4. The largest absolute Gasteiger partial charge is 0.368 e. The number of fused-ring (bicyclic) bond motifs is 1. The van der Waals surface area contributed by atoms with Gasteiger partial charge in [-0.3, -0.25) is 4.79 Å². The molecule has 4 nitrogen and oxygen atoms in total. The van der Waals surface area contributed by atoms with Crippen LogP contribution in [0.1, 0.15) is 24.0 Å². The number of benzene rings is 1. The number of hydrogen-bond donors (Lipinski definition) is 1. The fourth-order valence-electron chi connectivity index (χ4n) is 2.88. The molecular formula is C17H15F2N3OS. The summed E-state index contributed by atoms with van der Waals surface area (Å²) in [5, 5.41) is 13.9. The summed E-state index contributed by atoms with van der Waals surface area (Å²) >= 11 is 1.29. The minimum Gasteiger partial charge on any atom is -0.368 e. The second kappa shape index (κ2) is 6.97. The van der Waals surface area contributed by atoms with Crippen molar-refractivity contribution in [1.82, 2.24) is 0 Å². The van der Waals surface area contributed by atoms with E-state index in [1.165, 1.54) is 17.4 Å². The van der Waals surface area contributed by atoms with Gasteiger partial charge in [-0.05, 0) is 35.9 Å². The third-order valence-corrected chi connectivity index (χ3v) is 4.77. The first-order valence-corrected chi connectivity index (χ1v) is 8.47. The lowest BCUT2D eigenvalue weighted by Crippen LogP contribution is -2.33. The number of amides is 1. The third-order valence-electron chi connectivity index (χ3n) is 3.94. The van der Waals surface area contributed by atoms with Crippen LogP contribution in [-0.4, -0.2) is 19.0 Å². The quantitative estimate of drug-likeness (QED) is 0.918. The summed E-state index contributed by atoms with van der Waals surface area (Å²) in [5.41, 5.74) is 1.46. The third kappa shape index (κ3) is 3.39. The van der Waals surface area contributed by atoms with E-state index in [1.54, 1.807) is 16.3 Å². The Hall–Kier alpha value is -2.46. The number of halogens is 2. The van der Waals surface area contributed by atoms with Gasteiger partial charge in [0.2, 0.25) is 5.91 Å². The van der Waals surface area contributed by atoms with Crippen LogP contribution in [0.4, 0.5) is 19.5 Å². The average Bonchev–Trinajstić information content (AvgIpc) is 2.99. The molecule has 0 spiro atoms. The Morgan fingerprint density at radius 2 is 2.25 bits per heavy atom. The maximum absolute atomic E-state index is 14.1. The highest BCUT2D eigenvalue weighted by Gasteiger charge is 2.22. The van der Waals surface area contributed by atoms with Crippen LogP contribution in [0.25, 0.3) is 0 Å². The minimum absolute atomic E-state index is 0.166. The summed E-state index contributed by atoms with van der Waals surface area (Å²) in [5.74, 6) is -1.40. The van der Waals surface area contributed by atoms with Gasteiger partial charge in [-0.25, -0.2) is 8.78 Å². The number of nitriles is 1. The molecule has 0 bridgehead atoms. The average molecular weight is 347 g/mol. The van der Waals surface area contributed by atoms with Crippen LogP contribution in [0.15, 0.2) is 23.6 Å². The second-order valence-electron chi connectivity index (χ2n) is 5.56. The first kappa shape index (κ1) is 16.4. The number of aryl methyl sites for hydroxylation is 1. The smallest absolute Gasteiger partial charge is 0.226 e. The molecule has 0 radical (unpaired) electrons. The molecule has 1 aromatic carbocycles. The van der Waals surface area contributed by atoms with Crippen LogP contribution in [-0.2, 0) is 11.2 Å². The molecule has 0 atom stereocenters. The van der Waals surface area contributed by atoms with Crippen molar-refractivity contribution in [3.05, 3.63) is 46.3 Å². The van der Waals surface area contributed by atoms with Crippen LogP contribution in [0, 0.1) is 23.0 Å². The van der Waals surface area contributed by atoms with Crippen LogP contribution in [0.5, 0.6) is 0 Å². The van der Waals surface area contributed by atoms with Gasteiger partial charge in [0.15, 0.2) is 0 Å². The van der Waals surface area contributed by atoms with Gasteiger partial charge in [0.25, 0.3) is 0 Å². The Labute approximate surface area is 142 Å². The molecule has 0 fully saturated rings. The summed E-state index contributed by atoms with van der Waals surface area (Å²) in [6, 6.07) is 5.89. The van der Waals surface area contributed by atoms with Crippen LogP contribution in [0.3, 0.4) is 0 Å². The van der Waals surface area contributed by atoms with E-state index in [0.717, 1.165) is 12.5 Å². The molecule has 1 aliphatic heterocycles. The molecule has 7 heteroatoms. The predicted molar refractivity (Wildman–Crippen MR) is 89.2 cm³/mol. The Kier molecular flexibility index (Phi) is 4.76. The topological polar surface area (TPSA) is 56.1 Å². The van der Waals surface area contributed by atoms with Crippen LogP contribution in [0.2, 0.25) is 0 Å². The lowest BCUT2D eigenvalue weighted by atomic mass is 10.0. The van der Waals surface area contributed by atoms with Crippen LogP contribution >= 0.6 is 11.3 Å². The van der Waals surface area contributed by atoms with Crippen molar-refractivity contribution in [2.24, 2.45) is 0 Å². The van der Waals surface area contributed by atoms with Crippen molar-refractivity contribution < 1.29 is 13.6 Å². The van der Waals surface area contributed by atoms with Crippen molar-refractivity contribution in [2.75, 3.05) is 23.3 Å². The Morgan fingerprint density at radius 3 is 3.04 bits per heavy atom. The maximum Gasteiger partial charge on any atom is 0.226 e. The van der Waals surface area contributed by atoms with Gasteiger partial charge in [0.05, 0.1) is 11.3 Å². The lowest BCUT2D eigenvalue weighted by molar-refractivity contribution is -0.116. The standard InChI is InChI=1S/C17H15F2N3OS/c18-13-8-11-2-1-5-22(16(11)14(19)9-13)6-3-15(23)21-17-12(10-20)4-7-24-17/h4,7-9H,1-3,5-6H2,(H,21,23). The molecule has 0 saturated carbocycles. The fourth-order valence-corrected chi connectivity index (χ4v) is 3.63. The predicted octanol–water partition coefficient (Wildman–Crippen LogP) is 3.68. The van der Waals surface area contributed by atoms with Crippen LogP contribution < -0.4 is 10.2 Å². The molecule has 124 valence electrons. The van der Waals surface area contributed by atoms with Gasteiger partial charge in [0, 0.05) is 25.6 Å². The van der Waals surface area contributed by atoms with Gasteiger partial charge >= 0.3 is 0 Å². The highest BCUT2D eigenvalue weighted by atomic mass is 32.1. The molecule has 1 aromatic heterocycles. The zero-order chi connectivity index (χ0) is 17.1. The molecule has 3 rings (SSSR count). The lowest BCUT2D eigenvalue weighted by Gasteiger charge is -2.31. The van der Waals surface area contributed by atoms with E-state index in [9.17, 15) is 13.6 Å². The molecule has 1 amide bonds. The minimum atomic E-state index is -0.588. The van der Waals surface area contributed by atoms with E-state index in [4.69, 9.17) is 5.26 Å². The maximum atomic E-state index is 14.1. The number of hydrogen-bond acceptors (Lipinski definition) is 4. The first-order valence-electron chi connectivity index (χ1n) is 7.59. The molecule has 2 aromatic rings. The van der Waals surface area contributed by atoms with Crippen molar-refractivity contribution in [1.29, 1.82) is 5.26 Å². The van der Waals surface area contributed by atoms with Gasteiger partial charge in [-0.2, -0.15) is 5.26 Å². The number of nitrogens with zero attached hydrogens (tertiary/aromatic N) is 2. The highest BCUT2D eigenvalue weighted by Crippen LogP contribution is 2.31. The number of thiophene rings is 1. The Balaban J connectivity index is 1.66. The summed E-state index contributed by atoms with van der Waals surface area (Å²) in [6.45, 7) is 0.972. The second-order valence-corrected chi connectivity index (χ2v) is 6.48. The van der Waals surface area contributed by atoms with Gasteiger partial charge in [0.1, 0.15) is 22.7 Å². The molecule has 0 aliphatic carbocycles. The van der Waals surface area contributed by atoms with Crippen molar-refractivity contribution >= 4 is 27.9 Å². The summed E-state index contributed by atoms with van der Waals surface area (Å²) in [6.07, 6.45) is 1.59. The number of carbonyl (C=O) groups is 1. The van der Waals surface area contributed by atoms with E-state index in [-0.39, 0.29) is 12.3 Å². The van der Waals surface area contributed by atoms with E-state index in [1.807, 2.05) is 6.07 Å². The number of nitrogens with one attached hydrogen (secondary N) is 1. The molecule has 0 unspecified atom stereocenters. The normalized spacial score (nSPS) is 13.3. The van der Waals surface area contributed by atoms with Gasteiger partial charge < -0.3 is 10.2 Å². The van der Waals surface area contributed by atoms with E-state index in [0.29, 0.717) is 41.3 Å². The number of carbonyl (C=O) groups excluding carboxylic acids is 1. The Bertz CT molecular complexity index is 813. The summed E-state index contributed by atoms with van der Waals surface area (Å²) in [4.78, 5) is 13.9. The van der Waals surface area contributed by atoms with Crippen molar-refractivity contribution in [3.8, 4) is 6.07 Å². The van der Waals surface area contributed by atoms with E-state index in [2.05, 4.69) is 5.32 Å². The van der Waals surface area contributed by atoms with Crippen molar-refractivity contribution in [2.45, 2.75) is 19.3 Å². The summed E-state index contributed by atoms with van der Waals surface area (Å²) in [7, 11) is 0. The number of anilines is 2. The monoisotopic (exact) mass is 347 g/mol. The Morgan fingerprint density at radius 1 is 1.42 bits per heavy atom. The van der Waals surface area contributed by atoms with Gasteiger partial charge in [-0.1, -0.05) is 0 Å². The van der Waals surface area contributed by atoms with E-state index >= 15 is 0 Å². The zero-order valence-corrected chi connectivity index (χ0v) is 13.6. The highest BCUT2D eigenvalue weighted by molar-refractivity contribution is 7.14. The zero-order valence-electron chi connectivity index (χ0n) is 12.8. The van der Waals surface area contributed by atoms with E-state index < -0.39 is 11.6 Å². The van der Waals surface area contributed by atoms with Crippen molar-refractivity contribution in [3.63, 3.8) is 0 Å².